The molecular formula is C18H26O2. The number of rotatable bonds is 4. The maximum Gasteiger partial charge on any atom is 0.0924 e. The van der Waals surface area contributed by atoms with E-state index in [4.69, 9.17) is 9.47 Å². The van der Waals surface area contributed by atoms with Gasteiger partial charge < -0.3 is 9.47 Å². The van der Waals surface area contributed by atoms with Crippen LogP contribution in [0.5, 0.6) is 0 Å². The average Bonchev–Trinajstić information content (AvgIpc) is 2.90. The third-order valence-electron chi connectivity index (χ3n) is 5.32. The quantitative estimate of drug-likeness (QED) is 0.817. The lowest BCUT2D eigenvalue weighted by atomic mass is 9.75. The highest BCUT2D eigenvalue weighted by Gasteiger charge is 2.60. The molecule has 0 saturated carbocycles. The van der Waals surface area contributed by atoms with E-state index in [1.54, 1.807) is 0 Å². The molecule has 3 unspecified atom stereocenters. The van der Waals surface area contributed by atoms with Crippen LogP contribution in [-0.4, -0.2) is 17.3 Å². The summed E-state index contributed by atoms with van der Waals surface area (Å²) in [5.41, 5.74) is 2.53. The normalized spacial score (nSPS) is 36.0. The molecule has 110 valence electrons. The highest BCUT2D eigenvalue weighted by molar-refractivity contribution is 5.20. The molecule has 1 aromatic rings. The van der Waals surface area contributed by atoms with Crippen molar-refractivity contribution in [1.29, 1.82) is 0 Å². The summed E-state index contributed by atoms with van der Waals surface area (Å²) in [6.45, 7) is 9.58. The smallest absolute Gasteiger partial charge is 0.0924 e. The molecule has 0 radical (unpaired) electrons. The maximum atomic E-state index is 6.40. The molecule has 2 fully saturated rings. The summed E-state index contributed by atoms with van der Waals surface area (Å²) in [7, 11) is 0. The van der Waals surface area contributed by atoms with E-state index < -0.39 is 0 Å². The zero-order valence-corrected chi connectivity index (χ0v) is 13.1. The van der Waals surface area contributed by atoms with Gasteiger partial charge in [-0.25, -0.2) is 0 Å². The fourth-order valence-corrected chi connectivity index (χ4v) is 3.68. The first-order valence-electron chi connectivity index (χ1n) is 7.81. The lowest BCUT2D eigenvalue weighted by Gasteiger charge is -2.31. The van der Waals surface area contributed by atoms with E-state index in [1.165, 1.54) is 17.5 Å². The number of benzene rings is 1. The summed E-state index contributed by atoms with van der Waals surface area (Å²) in [5.74, 6) is 0.567. The second-order valence-electron chi connectivity index (χ2n) is 7.12. The lowest BCUT2D eigenvalue weighted by molar-refractivity contribution is -0.0959. The van der Waals surface area contributed by atoms with Crippen molar-refractivity contribution >= 4 is 0 Å². The van der Waals surface area contributed by atoms with Crippen LogP contribution < -0.4 is 0 Å². The lowest BCUT2D eigenvalue weighted by Crippen LogP contribution is -2.38. The van der Waals surface area contributed by atoms with E-state index >= 15 is 0 Å². The molecule has 2 nitrogen and oxygen atoms in total. The molecule has 0 spiro atoms. The van der Waals surface area contributed by atoms with Crippen LogP contribution in [0.25, 0.3) is 0 Å². The fourth-order valence-electron chi connectivity index (χ4n) is 3.68. The monoisotopic (exact) mass is 274 g/mol. The Morgan fingerprint density at radius 1 is 1.25 bits per heavy atom. The molecule has 0 N–H and O–H groups in total. The molecule has 0 aromatic heterocycles. The first-order chi connectivity index (χ1) is 9.43. The molecule has 0 aliphatic carbocycles. The Morgan fingerprint density at radius 3 is 2.55 bits per heavy atom. The molecule has 2 aliphatic rings. The molecule has 2 heterocycles. The van der Waals surface area contributed by atoms with Gasteiger partial charge in [0.25, 0.3) is 0 Å². The van der Waals surface area contributed by atoms with Crippen molar-refractivity contribution in [3.8, 4) is 0 Å². The second kappa shape index (κ2) is 4.85. The molecule has 2 aliphatic heterocycles. The fraction of sp³-hybridized carbons (Fsp3) is 0.667. The molecular weight excluding hydrogens is 248 g/mol. The molecule has 2 bridgehead atoms. The summed E-state index contributed by atoms with van der Waals surface area (Å²) < 4.78 is 12.6. The van der Waals surface area contributed by atoms with Crippen LogP contribution in [0.15, 0.2) is 24.3 Å². The van der Waals surface area contributed by atoms with Gasteiger partial charge >= 0.3 is 0 Å². The van der Waals surface area contributed by atoms with Crippen molar-refractivity contribution in [2.75, 3.05) is 0 Å². The summed E-state index contributed by atoms with van der Waals surface area (Å²) in [4.78, 5) is 0. The van der Waals surface area contributed by atoms with Crippen LogP contribution in [0.4, 0.5) is 0 Å². The van der Waals surface area contributed by atoms with Crippen molar-refractivity contribution in [1.82, 2.24) is 0 Å². The topological polar surface area (TPSA) is 18.5 Å². The highest BCUT2D eigenvalue weighted by atomic mass is 16.6. The van der Waals surface area contributed by atoms with E-state index in [-0.39, 0.29) is 17.3 Å². The van der Waals surface area contributed by atoms with Gasteiger partial charge in [0.15, 0.2) is 0 Å². The Kier molecular flexibility index (Phi) is 3.42. The molecule has 20 heavy (non-hydrogen) atoms. The van der Waals surface area contributed by atoms with Crippen LogP contribution in [-0.2, 0) is 16.1 Å². The van der Waals surface area contributed by atoms with Crippen LogP contribution >= 0.6 is 0 Å². The summed E-state index contributed by atoms with van der Waals surface area (Å²) in [5, 5.41) is 0. The maximum absolute atomic E-state index is 6.40. The predicted molar refractivity (Wildman–Crippen MR) is 80.7 cm³/mol. The standard InChI is InChI=1S/C18H26O2/c1-13(2)18-10-9-17(4,20-18)16(11-18)19-12-15-7-5-14(3)6-8-15/h5-8,13,16H,9-12H2,1-4H3. The van der Waals surface area contributed by atoms with Crippen molar-refractivity contribution in [2.45, 2.75) is 70.9 Å². The number of aryl methyl sites for hydroxylation is 1. The van der Waals surface area contributed by atoms with Crippen molar-refractivity contribution in [3.63, 3.8) is 0 Å². The molecule has 2 saturated heterocycles. The first kappa shape index (κ1) is 14.1. The van der Waals surface area contributed by atoms with Gasteiger partial charge in [0, 0.05) is 6.42 Å². The van der Waals surface area contributed by atoms with Crippen LogP contribution in [0.3, 0.4) is 0 Å². The van der Waals surface area contributed by atoms with Crippen molar-refractivity contribution in [2.24, 2.45) is 5.92 Å². The van der Waals surface area contributed by atoms with E-state index in [0.29, 0.717) is 12.5 Å². The largest absolute Gasteiger partial charge is 0.370 e. The third-order valence-corrected chi connectivity index (χ3v) is 5.32. The summed E-state index contributed by atoms with van der Waals surface area (Å²) in [6, 6.07) is 8.61. The van der Waals surface area contributed by atoms with Gasteiger partial charge in [0.05, 0.1) is 23.9 Å². The summed E-state index contributed by atoms with van der Waals surface area (Å²) >= 11 is 0. The van der Waals surface area contributed by atoms with Crippen LogP contribution in [0, 0.1) is 12.8 Å². The van der Waals surface area contributed by atoms with E-state index in [1.807, 2.05) is 0 Å². The molecule has 2 heteroatoms. The Morgan fingerprint density at radius 2 is 1.95 bits per heavy atom. The van der Waals surface area contributed by atoms with Gasteiger partial charge in [0.1, 0.15) is 0 Å². The Labute approximate surface area is 122 Å². The number of ether oxygens (including phenoxy) is 2. The van der Waals surface area contributed by atoms with Gasteiger partial charge in [-0.3, -0.25) is 0 Å². The molecule has 1 aromatic carbocycles. The predicted octanol–water partition coefficient (Wildman–Crippen LogP) is 4.25. The number of hydrogen-bond acceptors (Lipinski definition) is 2. The van der Waals surface area contributed by atoms with Gasteiger partial charge in [-0.15, -0.1) is 0 Å². The Bertz CT molecular complexity index is 479. The molecule has 3 atom stereocenters. The third kappa shape index (κ3) is 2.29. The van der Waals surface area contributed by atoms with E-state index in [2.05, 4.69) is 52.0 Å². The number of fused-ring (bicyclic) bond motifs is 2. The Balaban J connectivity index is 1.66. The SMILES string of the molecule is Cc1ccc(COC2CC3(C(C)C)CCC2(C)O3)cc1. The number of hydrogen-bond donors (Lipinski definition) is 0. The van der Waals surface area contributed by atoms with Gasteiger partial charge in [-0.05, 0) is 38.2 Å². The van der Waals surface area contributed by atoms with Crippen LogP contribution in [0.1, 0.15) is 51.2 Å². The highest BCUT2D eigenvalue weighted by Crippen LogP contribution is 2.55. The zero-order valence-electron chi connectivity index (χ0n) is 13.1. The average molecular weight is 274 g/mol. The summed E-state index contributed by atoms with van der Waals surface area (Å²) in [6.07, 6.45) is 3.60. The Hall–Kier alpha value is -0.860. The van der Waals surface area contributed by atoms with Gasteiger partial charge in [-0.2, -0.15) is 0 Å². The van der Waals surface area contributed by atoms with E-state index in [0.717, 1.165) is 12.8 Å². The van der Waals surface area contributed by atoms with E-state index in [9.17, 15) is 0 Å². The van der Waals surface area contributed by atoms with Crippen molar-refractivity contribution < 1.29 is 9.47 Å². The van der Waals surface area contributed by atoms with Crippen LogP contribution in [0.2, 0.25) is 0 Å². The zero-order chi connectivity index (χ0) is 14.4. The molecule has 3 rings (SSSR count). The second-order valence-corrected chi connectivity index (χ2v) is 7.12. The first-order valence-corrected chi connectivity index (χ1v) is 7.81. The van der Waals surface area contributed by atoms with Gasteiger partial charge in [0.2, 0.25) is 0 Å². The minimum Gasteiger partial charge on any atom is -0.370 e. The van der Waals surface area contributed by atoms with Gasteiger partial charge in [-0.1, -0.05) is 43.7 Å². The van der Waals surface area contributed by atoms with Crippen molar-refractivity contribution in [3.05, 3.63) is 35.4 Å². The minimum atomic E-state index is -0.0744. The minimum absolute atomic E-state index is 0.0622. The molecule has 0 amide bonds.